The zero-order chi connectivity index (χ0) is 27.7. The number of aromatic amines is 1. The molecule has 1 aliphatic carbocycles. The van der Waals surface area contributed by atoms with Crippen molar-refractivity contribution in [2.75, 3.05) is 20.0 Å². The highest BCUT2D eigenvalue weighted by Gasteiger charge is 2.42. The SMILES string of the molecule is COc1ccc(C2C(C#N)=C(SCCCn3c(=O)[nH]c4ccccc43)NC3=C2C(=O)CC(C)(C)C3)cc1OC. The lowest BCUT2D eigenvalue weighted by atomic mass is 9.69. The summed E-state index contributed by atoms with van der Waals surface area (Å²) in [5, 5.41) is 14.6. The largest absolute Gasteiger partial charge is 0.493 e. The smallest absolute Gasteiger partial charge is 0.326 e. The summed E-state index contributed by atoms with van der Waals surface area (Å²) in [5.41, 5.74) is 4.27. The number of nitrogens with zero attached hydrogens (tertiary/aromatic N) is 2. The van der Waals surface area contributed by atoms with Crippen molar-refractivity contribution in [1.29, 1.82) is 5.26 Å². The standard InChI is InChI=1S/C30H32N4O4S/c1-30(2)15-21-27(23(35)16-30)26(18-10-11-24(37-3)25(14-18)38-4)19(17-31)28(32-21)39-13-7-12-34-22-9-6-5-8-20(22)33-29(34)36/h5-6,8-11,14,26,32H,7,12-13,15-16H2,1-4H3,(H,33,36). The molecule has 0 bridgehead atoms. The Morgan fingerprint density at radius 2 is 1.87 bits per heavy atom. The lowest BCUT2D eigenvalue weighted by Gasteiger charge is -2.39. The summed E-state index contributed by atoms with van der Waals surface area (Å²) in [7, 11) is 3.15. The molecule has 1 atom stereocenters. The van der Waals surface area contributed by atoms with Crippen molar-refractivity contribution in [3.05, 3.63) is 80.4 Å². The van der Waals surface area contributed by atoms with Gasteiger partial charge < -0.3 is 19.8 Å². The molecule has 2 aromatic carbocycles. The number of allylic oxidation sites excluding steroid dienone is 3. The van der Waals surface area contributed by atoms with E-state index in [1.807, 2.05) is 42.5 Å². The Morgan fingerprint density at radius 3 is 2.62 bits per heavy atom. The number of nitriles is 1. The monoisotopic (exact) mass is 544 g/mol. The van der Waals surface area contributed by atoms with E-state index in [4.69, 9.17) is 9.47 Å². The van der Waals surface area contributed by atoms with Crippen molar-refractivity contribution in [2.45, 2.75) is 45.6 Å². The van der Waals surface area contributed by atoms with Crippen molar-refractivity contribution < 1.29 is 14.3 Å². The first kappa shape index (κ1) is 26.7. The number of methoxy groups -OCH3 is 2. The zero-order valence-electron chi connectivity index (χ0n) is 22.6. The molecule has 0 saturated heterocycles. The van der Waals surface area contributed by atoms with Gasteiger partial charge in [0.15, 0.2) is 17.3 Å². The van der Waals surface area contributed by atoms with Gasteiger partial charge in [-0.25, -0.2) is 4.79 Å². The number of carbonyl (C=O) groups excluding carboxylic acids is 1. The second-order valence-electron chi connectivity index (χ2n) is 10.7. The quantitative estimate of drug-likeness (QED) is 0.374. The molecule has 1 unspecified atom stereocenters. The van der Waals surface area contributed by atoms with E-state index in [2.05, 4.69) is 30.2 Å². The van der Waals surface area contributed by atoms with E-state index in [-0.39, 0.29) is 16.9 Å². The van der Waals surface area contributed by atoms with Crippen LogP contribution in [0.2, 0.25) is 0 Å². The van der Waals surface area contributed by atoms with E-state index in [0.29, 0.717) is 47.8 Å². The summed E-state index contributed by atoms with van der Waals surface area (Å²) in [4.78, 5) is 28.8. The molecule has 1 aromatic heterocycles. The van der Waals surface area contributed by atoms with Crippen LogP contribution in [0.3, 0.4) is 0 Å². The van der Waals surface area contributed by atoms with Crippen LogP contribution < -0.4 is 20.5 Å². The van der Waals surface area contributed by atoms with Gasteiger partial charge in [-0.1, -0.05) is 32.0 Å². The number of carbonyl (C=O) groups is 1. The zero-order valence-corrected chi connectivity index (χ0v) is 23.4. The fourth-order valence-electron chi connectivity index (χ4n) is 5.58. The number of dihydropyridines is 1. The molecular formula is C30H32N4O4S. The molecule has 2 N–H and O–H groups in total. The number of aryl methyl sites for hydroxylation is 1. The lowest BCUT2D eigenvalue weighted by Crippen LogP contribution is -2.37. The summed E-state index contributed by atoms with van der Waals surface area (Å²) >= 11 is 1.56. The first-order valence-corrected chi connectivity index (χ1v) is 13.9. The predicted octanol–water partition coefficient (Wildman–Crippen LogP) is 5.24. The van der Waals surface area contributed by atoms with Crippen LogP contribution in [-0.4, -0.2) is 35.3 Å². The first-order valence-electron chi connectivity index (χ1n) is 13.0. The Kier molecular flexibility index (Phi) is 7.32. The molecule has 0 amide bonds. The number of fused-ring (bicyclic) bond motifs is 1. The Labute approximate surface area is 231 Å². The normalized spacial score (nSPS) is 18.5. The summed E-state index contributed by atoms with van der Waals surface area (Å²) in [6, 6.07) is 15.6. The number of imidazole rings is 1. The van der Waals surface area contributed by atoms with E-state index >= 15 is 0 Å². The highest BCUT2D eigenvalue weighted by Crippen LogP contribution is 2.48. The topological polar surface area (TPSA) is 109 Å². The number of para-hydroxylation sites is 2. The molecular weight excluding hydrogens is 512 g/mol. The number of thioether (sulfide) groups is 1. The maximum Gasteiger partial charge on any atom is 0.326 e. The van der Waals surface area contributed by atoms with Crippen molar-refractivity contribution in [3.8, 4) is 17.6 Å². The number of hydrogen-bond donors (Lipinski definition) is 2. The molecule has 9 heteroatoms. The Morgan fingerprint density at radius 1 is 1.10 bits per heavy atom. The number of hydrogen-bond acceptors (Lipinski definition) is 7. The van der Waals surface area contributed by atoms with Crippen molar-refractivity contribution in [2.24, 2.45) is 5.41 Å². The van der Waals surface area contributed by atoms with Gasteiger partial charge in [0.1, 0.15) is 0 Å². The highest BCUT2D eigenvalue weighted by atomic mass is 32.2. The van der Waals surface area contributed by atoms with Gasteiger partial charge in [-0.15, -0.1) is 11.8 Å². The van der Waals surface area contributed by atoms with Gasteiger partial charge >= 0.3 is 5.69 Å². The second kappa shape index (κ2) is 10.7. The fraction of sp³-hybridized carbons (Fsp3) is 0.367. The van der Waals surface area contributed by atoms with Gasteiger partial charge in [0, 0.05) is 30.0 Å². The maximum absolute atomic E-state index is 13.5. The van der Waals surface area contributed by atoms with Gasteiger partial charge in [-0.3, -0.25) is 9.36 Å². The number of benzene rings is 2. The second-order valence-corrected chi connectivity index (χ2v) is 11.8. The number of Topliss-reactive ketones (excluding diaryl/α,β-unsaturated/α-hetero) is 1. The van der Waals surface area contributed by atoms with Crippen LogP contribution in [0.25, 0.3) is 11.0 Å². The number of ether oxygens (including phenoxy) is 2. The van der Waals surface area contributed by atoms with Crippen molar-refractivity contribution in [3.63, 3.8) is 0 Å². The van der Waals surface area contributed by atoms with Gasteiger partial charge in [0.2, 0.25) is 0 Å². The van der Waals surface area contributed by atoms with Crippen LogP contribution in [-0.2, 0) is 11.3 Å². The van der Waals surface area contributed by atoms with E-state index in [1.165, 1.54) is 0 Å². The van der Waals surface area contributed by atoms with Gasteiger partial charge in [0.05, 0.1) is 47.8 Å². The first-order chi connectivity index (χ1) is 18.8. The Balaban J connectivity index is 1.46. The average Bonchev–Trinajstić information content (AvgIpc) is 3.23. The van der Waals surface area contributed by atoms with Crippen LogP contribution in [0.4, 0.5) is 0 Å². The molecule has 1 aliphatic heterocycles. The van der Waals surface area contributed by atoms with Gasteiger partial charge in [-0.05, 0) is 48.1 Å². The number of ketones is 1. The molecule has 202 valence electrons. The highest BCUT2D eigenvalue weighted by molar-refractivity contribution is 8.03. The predicted molar refractivity (Wildman–Crippen MR) is 153 cm³/mol. The molecule has 8 nitrogen and oxygen atoms in total. The summed E-state index contributed by atoms with van der Waals surface area (Å²) < 4.78 is 12.7. The van der Waals surface area contributed by atoms with Crippen LogP contribution >= 0.6 is 11.8 Å². The molecule has 39 heavy (non-hydrogen) atoms. The summed E-state index contributed by atoms with van der Waals surface area (Å²) in [5.74, 6) is 1.40. The molecule has 2 heterocycles. The third-order valence-electron chi connectivity index (χ3n) is 7.32. The maximum atomic E-state index is 13.5. The summed E-state index contributed by atoms with van der Waals surface area (Å²) in [6.07, 6.45) is 1.87. The number of H-pyrrole nitrogens is 1. The molecule has 0 fully saturated rings. The molecule has 0 radical (unpaired) electrons. The van der Waals surface area contributed by atoms with E-state index in [9.17, 15) is 14.9 Å². The van der Waals surface area contributed by atoms with Crippen LogP contribution in [0.5, 0.6) is 11.5 Å². The van der Waals surface area contributed by atoms with Crippen LogP contribution in [0, 0.1) is 16.7 Å². The molecule has 0 spiro atoms. The molecule has 2 aliphatic rings. The summed E-state index contributed by atoms with van der Waals surface area (Å²) in [6.45, 7) is 4.75. The van der Waals surface area contributed by atoms with Crippen molar-refractivity contribution in [1.82, 2.24) is 14.9 Å². The van der Waals surface area contributed by atoms with Gasteiger partial charge in [0.25, 0.3) is 0 Å². The molecule has 5 rings (SSSR count). The van der Waals surface area contributed by atoms with Gasteiger partial charge in [-0.2, -0.15) is 5.26 Å². The average molecular weight is 545 g/mol. The molecule has 0 saturated carbocycles. The van der Waals surface area contributed by atoms with Crippen molar-refractivity contribution >= 4 is 28.6 Å². The minimum Gasteiger partial charge on any atom is -0.493 e. The van der Waals surface area contributed by atoms with Crippen LogP contribution in [0.1, 0.15) is 44.6 Å². The number of aromatic nitrogens is 2. The lowest BCUT2D eigenvalue weighted by molar-refractivity contribution is -0.118. The molecule has 3 aromatic rings. The number of nitrogens with one attached hydrogen (secondary N) is 2. The number of rotatable bonds is 8. The van der Waals surface area contributed by atoms with E-state index < -0.39 is 5.92 Å². The van der Waals surface area contributed by atoms with E-state index in [1.54, 1.807) is 30.5 Å². The Bertz CT molecular complexity index is 1600. The minimum absolute atomic E-state index is 0.0593. The van der Waals surface area contributed by atoms with E-state index in [0.717, 1.165) is 33.7 Å². The third kappa shape index (κ3) is 5.09. The Hall–Kier alpha value is -3.90. The van der Waals surface area contributed by atoms with Crippen LogP contribution in [0.15, 0.2) is 69.1 Å². The third-order valence-corrected chi connectivity index (χ3v) is 8.43. The fourth-order valence-corrected chi connectivity index (χ4v) is 6.57. The minimum atomic E-state index is -0.492.